The fourth-order valence-electron chi connectivity index (χ4n) is 2.22. The minimum Gasteiger partial charge on any atom is -0.474 e. The Morgan fingerprint density at radius 3 is 2.78 bits per heavy atom. The molecule has 1 aliphatic heterocycles. The number of hydrogen-bond acceptors (Lipinski definition) is 7. The van der Waals surface area contributed by atoms with Crippen molar-refractivity contribution in [3.63, 3.8) is 0 Å². The molecule has 8 nitrogen and oxygen atoms in total. The summed E-state index contributed by atoms with van der Waals surface area (Å²) in [7, 11) is 1.51. The zero-order valence-electron chi connectivity index (χ0n) is 13.7. The molecule has 1 aliphatic rings. The summed E-state index contributed by atoms with van der Waals surface area (Å²) in [4.78, 5) is 30.3. The van der Waals surface area contributed by atoms with Crippen molar-refractivity contribution in [2.45, 2.75) is 32.4 Å². The summed E-state index contributed by atoms with van der Waals surface area (Å²) in [5, 5.41) is 0. The number of aromatic nitrogens is 1. The molecule has 2 rings (SSSR count). The first-order valence-corrected chi connectivity index (χ1v) is 7.22. The molecule has 0 radical (unpaired) electrons. The number of hydrogen-bond donors (Lipinski definition) is 1. The Labute approximate surface area is 134 Å². The summed E-state index contributed by atoms with van der Waals surface area (Å²) in [6.45, 7) is 5.22. The van der Waals surface area contributed by atoms with Crippen LogP contribution in [0.25, 0.3) is 0 Å². The van der Waals surface area contributed by atoms with E-state index < -0.39 is 17.6 Å². The molecule has 8 heteroatoms. The number of methoxy groups -OCH3 is 1. The molecule has 2 N–H and O–H groups in total. The first-order chi connectivity index (χ1) is 10.8. The maximum Gasteiger partial charge on any atom is 0.329 e. The van der Waals surface area contributed by atoms with Crippen LogP contribution in [0.2, 0.25) is 0 Å². The third-order valence-corrected chi connectivity index (χ3v) is 3.45. The Morgan fingerprint density at radius 1 is 1.43 bits per heavy atom. The number of carbonyl (C=O) groups is 2. The summed E-state index contributed by atoms with van der Waals surface area (Å²) in [6.07, 6.45) is 0. The van der Waals surface area contributed by atoms with E-state index in [0.29, 0.717) is 5.75 Å². The van der Waals surface area contributed by atoms with Crippen molar-refractivity contribution in [2.24, 2.45) is 0 Å². The van der Waals surface area contributed by atoms with Gasteiger partial charge in [0.25, 0.3) is 5.91 Å². The van der Waals surface area contributed by atoms with Gasteiger partial charge in [0, 0.05) is 7.11 Å². The van der Waals surface area contributed by atoms with Crippen molar-refractivity contribution in [3.05, 3.63) is 12.1 Å². The molecule has 1 amide bonds. The summed E-state index contributed by atoms with van der Waals surface area (Å²) in [5.41, 5.74) is 4.58. The molecule has 0 saturated carbocycles. The van der Waals surface area contributed by atoms with Gasteiger partial charge in [-0.25, -0.2) is 9.78 Å². The number of carbonyl (C=O) groups excluding carboxylic acids is 2. The monoisotopic (exact) mass is 323 g/mol. The fourth-order valence-corrected chi connectivity index (χ4v) is 2.22. The summed E-state index contributed by atoms with van der Waals surface area (Å²) < 4.78 is 15.6. The van der Waals surface area contributed by atoms with Crippen LogP contribution >= 0.6 is 0 Å². The Bertz CT molecular complexity index is 617. The third kappa shape index (κ3) is 3.37. The SMILES string of the molecule is COCCOC(=O)C(C)N1C(=O)C(C)(C)Oc2ccc(N)nc21. The first-order valence-electron chi connectivity index (χ1n) is 7.22. The minimum atomic E-state index is -1.12. The zero-order chi connectivity index (χ0) is 17.2. The van der Waals surface area contributed by atoms with Gasteiger partial charge in [-0.15, -0.1) is 0 Å². The van der Waals surface area contributed by atoms with Crippen molar-refractivity contribution in [1.82, 2.24) is 4.98 Å². The van der Waals surface area contributed by atoms with Gasteiger partial charge < -0.3 is 19.9 Å². The van der Waals surface area contributed by atoms with Crippen molar-refractivity contribution in [3.8, 4) is 5.75 Å². The van der Waals surface area contributed by atoms with Gasteiger partial charge >= 0.3 is 5.97 Å². The Kier molecular flexibility index (Phi) is 4.74. The zero-order valence-corrected chi connectivity index (χ0v) is 13.7. The van der Waals surface area contributed by atoms with Crippen molar-refractivity contribution < 1.29 is 23.8 Å². The van der Waals surface area contributed by atoms with Gasteiger partial charge in [-0.1, -0.05) is 0 Å². The van der Waals surface area contributed by atoms with E-state index in [0.717, 1.165) is 0 Å². The van der Waals surface area contributed by atoms with Gasteiger partial charge in [0.15, 0.2) is 17.2 Å². The Balaban J connectivity index is 2.33. The second kappa shape index (κ2) is 6.41. The lowest BCUT2D eigenvalue weighted by Gasteiger charge is -2.39. The number of esters is 1. The Morgan fingerprint density at radius 2 is 2.13 bits per heavy atom. The molecule has 1 unspecified atom stereocenters. The summed E-state index contributed by atoms with van der Waals surface area (Å²) in [6, 6.07) is 2.34. The molecule has 0 saturated heterocycles. The molecule has 0 aliphatic carbocycles. The maximum atomic E-state index is 12.7. The van der Waals surface area contributed by atoms with Crippen LogP contribution < -0.4 is 15.4 Å². The lowest BCUT2D eigenvalue weighted by molar-refractivity contribution is -0.148. The molecule has 0 aromatic carbocycles. The molecule has 126 valence electrons. The summed E-state index contributed by atoms with van der Waals surface area (Å²) >= 11 is 0. The number of anilines is 2. The van der Waals surface area contributed by atoms with E-state index in [1.165, 1.54) is 12.0 Å². The van der Waals surface area contributed by atoms with E-state index in [2.05, 4.69) is 4.98 Å². The minimum absolute atomic E-state index is 0.110. The molecule has 0 spiro atoms. The topological polar surface area (TPSA) is 104 Å². The number of nitrogens with two attached hydrogens (primary N) is 1. The quantitative estimate of drug-likeness (QED) is 0.629. The van der Waals surface area contributed by atoms with Crippen molar-refractivity contribution in [2.75, 3.05) is 31.0 Å². The number of rotatable bonds is 5. The average molecular weight is 323 g/mol. The molecule has 1 aromatic rings. The molecule has 1 aromatic heterocycles. The number of fused-ring (bicyclic) bond motifs is 1. The fraction of sp³-hybridized carbons (Fsp3) is 0.533. The van der Waals surface area contributed by atoms with Crippen LogP contribution in [0.3, 0.4) is 0 Å². The second-order valence-corrected chi connectivity index (χ2v) is 5.68. The van der Waals surface area contributed by atoms with E-state index in [1.807, 2.05) is 0 Å². The molecule has 23 heavy (non-hydrogen) atoms. The van der Waals surface area contributed by atoms with Crippen LogP contribution in [0.1, 0.15) is 20.8 Å². The van der Waals surface area contributed by atoms with Crippen molar-refractivity contribution in [1.29, 1.82) is 0 Å². The first kappa shape index (κ1) is 17.0. The van der Waals surface area contributed by atoms with Crippen LogP contribution in [-0.2, 0) is 19.1 Å². The number of ether oxygens (including phenoxy) is 3. The third-order valence-electron chi connectivity index (χ3n) is 3.45. The van der Waals surface area contributed by atoms with E-state index in [9.17, 15) is 9.59 Å². The van der Waals surface area contributed by atoms with E-state index in [-0.39, 0.29) is 30.8 Å². The van der Waals surface area contributed by atoms with Gasteiger partial charge in [-0.3, -0.25) is 9.69 Å². The normalized spacial score (nSPS) is 17.2. The number of nitrogens with zero attached hydrogens (tertiary/aromatic N) is 2. The highest BCUT2D eigenvalue weighted by molar-refractivity contribution is 6.05. The van der Waals surface area contributed by atoms with Gasteiger partial charge in [0.1, 0.15) is 18.5 Å². The van der Waals surface area contributed by atoms with Crippen LogP contribution in [-0.4, -0.2) is 48.8 Å². The van der Waals surface area contributed by atoms with Gasteiger partial charge in [-0.2, -0.15) is 0 Å². The molecule has 1 atom stereocenters. The van der Waals surface area contributed by atoms with Gasteiger partial charge in [0.2, 0.25) is 0 Å². The molecular formula is C15H21N3O5. The second-order valence-electron chi connectivity index (χ2n) is 5.68. The predicted octanol–water partition coefficient (Wildman–Crippen LogP) is 0.746. The highest BCUT2D eigenvalue weighted by Crippen LogP contribution is 2.38. The molecular weight excluding hydrogens is 302 g/mol. The smallest absolute Gasteiger partial charge is 0.329 e. The maximum absolute atomic E-state index is 12.7. The standard InChI is InChI=1S/C15H21N3O5/c1-9(13(19)22-8-7-21-4)18-12-10(5-6-11(16)17-12)23-15(2,3)14(18)20/h5-6,9H,7-8H2,1-4H3,(H2,16,17). The molecule has 0 fully saturated rings. The van der Waals surface area contributed by atoms with Crippen molar-refractivity contribution >= 4 is 23.5 Å². The molecule has 0 bridgehead atoms. The number of amides is 1. The summed E-state index contributed by atoms with van der Waals surface area (Å²) in [5.74, 6) is -0.113. The van der Waals surface area contributed by atoms with Gasteiger partial charge in [-0.05, 0) is 32.9 Å². The number of nitrogen functional groups attached to an aromatic ring is 1. The van der Waals surface area contributed by atoms with Crippen LogP contribution in [0.5, 0.6) is 5.75 Å². The van der Waals surface area contributed by atoms with Crippen LogP contribution in [0.4, 0.5) is 11.6 Å². The lowest BCUT2D eigenvalue weighted by atomic mass is 10.0. The van der Waals surface area contributed by atoms with Crippen LogP contribution in [0.15, 0.2) is 12.1 Å². The lowest BCUT2D eigenvalue weighted by Crippen LogP contribution is -2.57. The van der Waals surface area contributed by atoms with E-state index in [1.54, 1.807) is 32.9 Å². The Hall–Kier alpha value is -2.35. The largest absolute Gasteiger partial charge is 0.474 e. The van der Waals surface area contributed by atoms with E-state index >= 15 is 0 Å². The van der Waals surface area contributed by atoms with Gasteiger partial charge in [0.05, 0.1) is 6.61 Å². The highest BCUT2D eigenvalue weighted by atomic mass is 16.6. The number of pyridine rings is 1. The highest BCUT2D eigenvalue weighted by Gasteiger charge is 2.45. The van der Waals surface area contributed by atoms with E-state index in [4.69, 9.17) is 19.9 Å². The average Bonchev–Trinajstić information content (AvgIpc) is 2.48. The van der Waals surface area contributed by atoms with Crippen LogP contribution in [0, 0.1) is 0 Å². The predicted molar refractivity (Wildman–Crippen MR) is 83.1 cm³/mol. The molecule has 2 heterocycles.